The molecule has 0 spiro atoms. The van der Waals surface area contributed by atoms with E-state index in [4.69, 9.17) is 16.2 Å². The van der Waals surface area contributed by atoms with E-state index in [1.54, 1.807) is 18.2 Å². The monoisotopic (exact) mass is 288 g/mol. The molecule has 2 rings (SSSR count). The third-order valence-electron chi connectivity index (χ3n) is 2.74. The molecule has 1 amide bonds. The molecule has 5 nitrogen and oxygen atoms in total. The number of halogens is 1. The van der Waals surface area contributed by atoms with Crippen molar-refractivity contribution in [2.75, 3.05) is 5.73 Å². The number of carbonyl (C=O) groups is 2. The molecule has 0 aromatic heterocycles. The fourth-order valence-corrected chi connectivity index (χ4v) is 1.78. The van der Waals surface area contributed by atoms with Crippen LogP contribution in [0, 0.1) is 5.82 Å². The van der Waals surface area contributed by atoms with E-state index in [2.05, 4.69) is 0 Å². The van der Waals surface area contributed by atoms with Crippen LogP contribution in [0.3, 0.4) is 0 Å². The van der Waals surface area contributed by atoms with Crippen molar-refractivity contribution in [3.8, 4) is 0 Å². The molecule has 6 heteroatoms. The van der Waals surface area contributed by atoms with Crippen molar-refractivity contribution < 1.29 is 18.7 Å². The zero-order valence-corrected chi connectivity index (χ0v) is 11.0. The first-order valence-electron chi connectivity index (χ1n) is 6.07. The quantitative estimate of drug-likeness (QED) is 0.663. The van der Waals surface area contributed by atoms with E-state index in [9.17, 15) is 14.0 Å². The van der Waals surface area contributed by atoms with Crippen molar-refractivity contribution in [1.29, 1.82) is 0 Å². The van der Waals surface area contributed by atoms with Gasteiger partial charge in [0.05, 0.1) is 5.56 Å². The third-order valence-corrected chi connectivity index (χ3v) is 2.74. The van der Waals surface area contributed by atoms with Gasteiger partial charge >= 0.3 is 5.97 Å². The molecular formula is C15H13FN2O3. The number of hydrogen-bond donors (Lipinski definition) is 2. The zero-order valence-electron chi connectivity index (χ0n) is 11.0. The lowest BCUT2D eigenvalue weighted by molar-refractivity contribution is 0.0472. The first kappa shape index (κ1) is 14.5. The summed E-state index contributed by atoms with van der Waals surface area (Å²) in [6.07, 6.45) is 0. The molecular weight excluding hydrogens is 275 g/mol. The van der Waals surface area contributed by atoms with Crippen molar-refractivity contribution in [2.45, 2.75) is 6.61 Å². The molecule has 2 aromatic carbocycles. The number of amides is 1. The highest BCUT2D eigenvalue weighted by molar-refractivity contribution is 5.93. The van der Waals surface area contributed by atoms with Crippen LogP contribution in [-0.2, 0) is 11.3 Å². The molecule has 0 saturated heterocycles. The molecule has 2 aromatic rings. The Labute approximate surface area is 120 Å². The average Bonchev–Trinajstić information content (AvgIpc) is 2.44. The number of esters is 1. The Morgan fingerprint density at radius 2 is 1.86 bits per heavy atom. The Morgan fingerprint density at radius 1 is 1.10 bits per heavy atom. The van der Waals surface area contributed by atoms with Gasteiger partial charge in [0.2, 0.25) is 5.91 Å². The molecule has 0 unspecified atom stereocenters. The van der Waals surface area contributed by atoms with Gasteiger partial charge in [-0.05, 0) is 35.9 Å². The highest BCUT2D eigenvalue weighted by Gasteiger charge is 2.10. The van der Waals surface area contributed by atoms with Crippen LogP contribution in [0.15, 0.2) is 42.5 Å². The Hall–Kier alpha value is -2.89. The van der Waals surface area contributed by atoms with Crippen molar-refractivity contribution in [2.24, 2.45) is 5.73 Å². The van der Waals surface area contributed by atoms with Crippen molar-refractivity contribution in [3.05, 3.63) is 65.0 Å². The van der Waals surface area contributed by atoms with Crippen LogP contribution < -0.4 is 11.5 Å². The lowest BCUT2D eigenvalue weighted by Gasteiger charge is -2.07. The normalized spacial score (nSPS) is 10.1. The van der Waals surface area contributed by atoms with Crippen LogP contribution in [0.5, 0.6) is 0 Å². The molecule has 0 aliphatic rings. The van der Waals surface area contributed by atoms with Crippen LogP contribution in [-0.4, -0.2) is 11.9 Å². The predicted molar refractivity (Wildman–Crippen MR) is 74.9 cm³/mol. The number of carbonyl (C=O) groups excluding carboxylic acids is 2. The molecule has 0 aliphatic carbocycles. The maximum Gasteiger partial charge on any atom is 0.338 e. The maximum absolute atomic E-state index is 13.2. The molecule has 0 fully saturated rings. The molecule has 21 heavy (non-hydrogen) atoms. The number of rotatable bonds is 4. The minimum Gasteiger partial charge on any atom is -0.457 e. The fourth-order valence-electron chi connectivity index (χ4n) is 1.78. The van der Waals surface area contributed by atoms with Crippen molar-refractivity contribution in [3.63, 3.8) is 0 Å². The van der Waals surface area contributed by atoms with Crippen molar-refractivity contribution in [1.82, 2.24) is 0 Å². The van der Waals surface area contributed by atoms with Crippen LogP contribution in [0.2, 0.25) is 0 Å². The number of benzene rings is 2. The molecule has 0 atom stereocenters. The summed E-state index contributed by atoms with van der Waals surface area (Å²) in [6, 6.07) is 9.86. The highest BCUT2D eigenvalue weighted by Crippen LogP contribution is 2.13. The van der Waals surface area contributed by atoms with Gasteiger partial charge in [-0.3, -0.25) is 4.79 Å². The van der Waals surface area contributed by atoms with Crippen LogP contribution in [0.25, 0.3) is 0 Å². The number of nitrogen functional groups attached to an aromatic ring is 1. The Morgan fingerprint density at radius 3 is 2.52 bits per heavy atom. The predicted octanol–water partition coefficient (Wildman–Crippen LogP) is 1.86. The minimum absolute atomic E-state index is 0.0264. The summed E-state index contributed by atoms with van der Waals surface area (Å²) < 4.78 is 18.2. The zero-order chi connectivity index (χ0) is 15.4. The van der Waals surface area contributed by atoms with E-state index in [1.165, 1.54) is 12.1 Å². The molecule has 0 bridgehead atoms. The van der Waals surface area contributed by atoms with Crippen LogP contribution >= 0.6 is 0 Å². The van der Waals surface area contributed by atoms with Crippen LogP contribution in [0.4, 0.5) is 10.1 Å². The Bertz CT molecular complexity index is 681. The van der Waals surface area contributed by atoms with Gasteiger partial charge in [-0.1, -0.05) is 12.1 Å². The minimum atomic E-state index is -0.703. The van der Waals surface area contributed by atoms with Crippen LogP contribution in [0.1, 0.15) is 26.3 Å². The van der Waals surface area contributed by atoms with Gasteiger partial charge < -0.3 is 16.2 Å². The topological polar surface area (TPSA) is 95.4 Å². The SMILES string of the molecule is NC(=O)c1cccc(COC(=O)c2cc(N)cc(F)c2)c1. The number of nitrogens with two attached hydrogens (primary N) is 2. The molecule has 0 aliphatic heterocycles. The molecule has 4 N–H and O–H groups in total. The summed E-state index contributed by atoms with van der Waals surface area (Å²) in [7, 11) is 0. The van der Waals surface area contributed by atoms with E-state index in [0.29, 0.717) is 11.1 Å². The van der Waals surface area contributed by atoms with Gasteiger partial charge in [0.1, 0.15) is 12.4 Å². The number of anilines is 1. The van der Waals surface area contributed by atoms with Gasteiger partial charge in [-0.2, -0.15) is 0 Å². The lowest BCUT2D eigenvalue weighted by Crippen LogP contribution is -2.11. The smallest absolute Gasteiger partial charge is 0.338 e. The summed E-state index contributed by atoms with van der Waals surface area (Å²) in [6.45, 7) is -0.0592. The summed E-state index contributed by atoms with van der Waals surface area (Å²) in [5.74, 6) is -1.88. The van der Waals surface area contributed by atoms with Crippen molar-refractivity contribution >= 4 is 17.6 Å². The second-order valence-electron chi connectivity index (χ2n) is 4.41. The summed E-state index contributed by atoms with van der Waals surface area (Å²) in [5.41, 5.74) is 11.7. The standard InChI is InChI=1S/C15H13FN2O3/c16-12-5-11(6-13(17)7-12)15(20)21-8-9-2-1-3-10(4-9)14(18)19/h1-7H,8,17H2,(H2,18,19). The Kier molecular flexibility index (Phi) is 4.18. The van der Waals surface area contributed by atoms with Gasteiger partial charge in [-0.15, -0.1) is 0 Å². The molecule has 0 heterocycles. The van der Waals surface area contributed by atoms with E-state index in [0.717, 1.165) is 12.1 Å². The van der Waals surface area contributed by atoms with E-state index in [-0.39, 0.29) is 17.9 Å². The largest absolute Gasteiger partial charge is 0.457 e. The van der Waals surface area contributed by atoms with Gasteiger partial charge in [0.15, 0.2) is 0 Å². The second kappa shape index (κ2) is 6.04. The lowest BCUT2D eigenvalue weighted by atomic mass is 10.1. The van der Waals surface area contributed by atoms with E-state index in [1.807, 2.05) is 0 Å². The number of ether oxygens (including phenoxy) is 1. The number of primary amides is 1. The van der Waals surface area contributed by atoms with E-state index >= 15 is 0 Å². The summed E-state index contributed by atoms with van der Waals surface area (Å²) >= 11 is 0. The molecule has 108 valence electrons. The van der Waals surface area contributed by atoms with Gasteiger partial charge in [-0.25, -0.2) is 9.18 Å². The Balaban J connectivity index is 2.07. The molecule has 0 saturated carbocycles. The fraction of sp³-hybridized carbons (Fsp3) is 0.0667. The second-order valence-corrected chi connectivity index (χ2v) is 4.41. The molecule has 0 radical (unpaired) electrons. The highest BCUT2D eigenvalue weighted by atomic mass is 19.1. The first-order chi connectivity index (χ1) is 9.95. The summed E-state index contributed by atoms with van der Waals surface area (Å²) in [5, 5.41) is 0. The van der Waals surface area contributed by atoms with E-state index < -0.39 is 17.7 Å². The third kappa shape index (κ3) is 3.79. The average molecular weight is 288 g/mol. The van der Waals surface area contributed by atoms with Gasteiger partial charge in [0.25, 0.3) is 0 Å². The first-order valence-corrected chi connectivity index (χ1v) is 6.07. The van der Waals surface area contributed by atoms with Gasteiger partial charge in [0, 0.05) is 11.3 Å². The summed E-state index contributed by atoms with van der Waals surface area (Å²) in [4.78, 5) is 22.9. The number of hydrogen-bond acceptors (Lipinski definition) is 4. The maximum atomic E-state index is 13.2.